The van der Waals surface area contributed by atoms with E-state index in [2.05, 4.69) is 15.9 Å². The zero-order chi connectivity index (χ0) is 13.0. The maximum absolute atomic E-state index is 12.9. The lowest BCUT2D eigenvalue weighted by Crippen LogP contribution is -1.86. The predicted molar refractivity (Wildman–Crippen MR) is 75.5 cm³/mol. The second kappa shape index (κ2) is 6.16. The molecule has 0 amide bonds. The highest BCUT2D eigenvalue weighted by atomic mass is 79.9. The van der Waals surface area contributed by atoms with Crippen LogP contribution in [0.25, 0.3) is 0 Å². The number of rotatable bonds is 4. The van der Waals surface area contributed by atoms with Gasteiger partial charge in [-0.2, -0.15) is 0 Å². The van der Waals surface area contributed by atoms with Crippen LogP contribution in [0.2, 0.25) is 0 Å². The van der Waals surface area contributed by atoms with Gasteiger partial charge in [0.2, 0.25) is 0 Å². The number of hydrogen-bond acceptors (Lipinski definition) is 2. The van der Waals surface area contributed by atoms with Crippen LogP contribution in [0.5, 0.6) is 0 Å². The van der Waals surface area contributed by atoms with Gasteiger partial charge in [0.05, 0.1) is 0 Å². The topological polar surface area (TPSA) is 17.1 Å². The fourth-order valence-corrected chi connectivity index (χ4v) is 3.12. The highest BCUT2D eigenvalue weighted by Gasteiger charge is 2.03. The van der Waals surface area contributed by atoms with Crippen LogP contribution in [0, 0.1) is 5.82 Å². The van der Waals surface area contributed by atoms with Gasteiger partial charge in [0.25, 0.3) is 0 Å². The summed E-state index contributed by atoms with van der Waals surface area (Å²) in [5.41, 5.74) is 1.69. The zero-order valence-electron chi connectivity index (χ0n) is 9.40. The minimum absolute atomic E-state index is 0.251. The monoisotopic (exact) mass is 324 g/mol. The fourth-order valence-electron chi connectivity index (χ4n) is 1.48. The number of carbonyl (C=O) groups excluding carboxylic acids is 1. The van der Waals surface area contributed by atoms with Gasteiger partial charge in [-0.05, 0) is 29.8 Å². The van der Waals surface area contributed by atoms with Crippen molar-refractivity contribution in [1.82, 2.24) is 0 Å². The first-order valence-electron chi connectivity index (χ1n) is 5.31. The second-order valence-corrected chi connectivity index (χ2v) is 5.62. The van der Waals surface area contributed by atoms with Crippen LogP contribution < -0.4 is 0 Å². The van der Waals surface area contributed by atoms with E-state index >= 15 is 0 Å². The Bertz CT molecular complexity index is 571. The summed E-state index contributed by atoms with van der Waals surface area (Å²) < 4.78 is 13.7. The molecule has 0 saturated carbocycles. The van der Waals surface area contributed by atoms with Crippen LogP contribution in [0.1, 0.15) is 15.9 Å². The lowest BCUT2D eigenvalue weighted by Gasteiger charge is -2.05. The van der Waals surface area contributed by atoms with Gasteiger partial charge in [-0.1, -0.05) is 34.1 Å². The van der Waals surface area contributed by atoms with E-state index in [1.165, 1.54) is 12.1 Å². The molecule has 2 rings (SSSR count). The third kappa shape index (κ3) is 3.43. The predicted octanol–water partition coefficient (Wildman–Crippen LogP) is 4.69. The Kier molecular flexibility index (Phi) is 4.55. The number of carbonyl (C=O) groups is 1. The highest BCUT2D eigenvalue weighted by molar-refractivity contribution is 9.10. The third-order valence-electron chi connectivity index (χ3n) is 2.40. The summed E-state index contributed by atoms with van der Waals surface area (Å²) in [7, 11) is 0. The van der Waals surface area contributed by atoms with Crippen molar-refractivity contribution in [2.75, 3.05) is 0 Å². The van der Waals surface area contributed by atoms with E-state index in [1.54, 1.807) is 23.9 Å². The molecule has 2 aromatic rings. The van der Waals surface area contributed by atoms with Gasteiger partial charge < -0.3 is 0 Å². The summed E-state index contributed by atoms with van der Waals surface area (Å²) in [5.74, 6) is 0.474. The van der Waals surface area contributed by atoms with E-state index in [-0.39, 0.29) is 5.82 Å². The van der Waals surface area contributed by atoms with Crippen LogP contribution in [-0.4, -0.2) is 6.29 Å². The fraction of sp³-hybridized carbons (Fsp3) is 0.0714. The first-order valence-corrected chi connectivity index (χ1v) is 7.09. The van der Waals surface area contributed by atoms with E-state index in [0.29, 0.717) is 5.56 Å². The summed E-state index contributed by atoms with van der Waals surface area (Å²) in [6, 6.07) is 12.1. The molecule has 0 fully saturated rings. The molecule has 0 aromatic heterocycles. The van der Waals surface area contributed by atoms with Crippen molar-refractivity contribution in [3.8, 4) is 0 Å². The lowest BCUT2D eigenvalue weighted by atomic mass is 10.2. The van der Waals surface area contributed by atoms with Crippen LogP contribution in [0.3, 0.4) is 0 Å². The van der Waals surface area contributed by atoms with Gasteiger partial charge in [-0.15, -0.1) is 11.8 Å². The molecular formula is C14H10BrFOS. The van der Waals surface area contributed by atoms with E-state index in [4.69, 9.17) is 0 Å². The molecule has 0 unspecified atom stereocenters. The smallest absolute Gasteiger partial charge is 0.150 e. The van der Waals surface area contributed by atoms with Crippen molar-refractivity contribution in [2.45, 2.75) is 10.6 Å². The molecular weight excluding hydrogens is 315 g/mol. The molecule has 0 heterocycles. The van der Waals surface area contributed by atoms with E-state index in [0.717, 1.165) is 27.0 Å². The van der Waals surface area contributed by atoms with Gasteiger partial charge in [-0.25, -0.2) is 4.39 Å². The van der Waals surface area contributed by atoms with E-state index < -0.39 is 0 Å². The van der Waals surface area contributed by atoms with Gasteiger partial charge in [0.1, 0.15) is 12.1 Å². The molecule has 0 aliphatic rings. The van der Waals surface area contributed by atoms with Crippen LogP contribution in [0.15, 0.2) is 51.8 Å². The molecule has 0 radical (unpaired) electrons. The molecule has 92 valence electrons. The van der Waals surface area contributed by atoms with E-state index in [1.807, 2.05) is 18.2 Å². The standard InChI is InChI=1S/C14H10BrFOS/c15-14-7-12(16)5-4-11(14)9-18-13-3-1-2-10(6-13)8-17/h1-8H,9H2. The molecule has 0 atom stereocenters. The van der Waals surface area contributed by atoms with Crippen molar-refractivity contribution in [3.05, 3.63) is 63.9 Å². The first kappa shape index (κ1) is 13.3. The highest BCUT2D eigenvalue weighted by Crippen LogP contribution is 2.27. The third-order valence-corrected chi connectivity index (χ3v) is 4.18. The molecule has 1 nitrogen and oxygen atoms in total. The molecule has 4 heteroatoms. The number of hydrogen-bond donors (Lipinski definition) is 0. The lowest BCUT2D eigenvalue weighted by molar-refractivity contribution is 0.112. The van der Waals surface area contributed by atoms with Gasteiger partial charge >= 0.3 is 0 Å². The van der Waals surface area contributed by atoms with Crippen LogP contribution >= 0.6 is 27.7 Å². The van der Waals surface area contributed by atoms with Gasteiger partial charge in [0, 0.05) is 20.7 Å². The molecule has 0 saturated heterocycles. The van der Waals surface area contributed by atoms with Gasteiger partial charge in [0.15, 0.2) is 0 Å². The normalized spacial score (nSPS) is 10.3. The Hall–Kier alpha value is -1.13. The maximum Gasteiger partial charge on any atom is 0.150 e. The Labute approximate surface area is 118 Å². The number of halogens is 2. The Balaban J connectivity index is 2.08. The van der Waals surface area contributed by atoms with Gasteiger partial charge in [-0.3, -0.25) is 4.79 Å². The van der Waals surface area contributed by atoms with Crippen LogP contribution in [0.4, 0.5) is 4.39 Å². The quantitative estimate of drug-likeness (QED) is 0.599. The summed E-state index contributed by atoms with van der Waals surface area (Å²) >= 11 is 4.95. The minimum Gasteiger partial charge on any atom is -0.298 e. The number of aldehydes is 1. The summed E-state index contributed by atoms with van der Waals surface area (Å²) in [5, 5.41) is 0. The average Bonchev–Trinajstić information content (AvgIpc) is 2.38. The largest absolute Gasteiger partial charge is 0.298 e. The Morgan fingerprint density at radius 2 is 2.06 bits per heavy atom. The SMILES string of the molecule is O=Cc1cccc(SCc2ccc(F)cc2Br)c1. The molecule has 2 aromatic carbocycles. The van der Waals surface area contributed by atoms with E-state index in [9.17, 15) is 9.18 Å². The minimum atomic E-state index is -0.251. The van der Waals surface area contributed by atoms with Crippen molar-refractivity contribution in [3.63, 3.8) is 0 Å². The van der Waals surface area contributed by atoms with Crippen molar-refractivity contribution in [1.29, 1.82) is 0 Å². The first-order chi connectivity index (χ1) is 8.69. The molecule has 18 heavy (non-hydrogen) atoms. The van der Waals surface area contributed by atoms with Crippen molar-refractivity contribution >= 4 is 34.0 Å². The number of benzene rings is 2. The maximum atomic E-state index is 12.9. The van der Waals surface area contributed by atoms with Crippen LogP contribution in [-0.2, 0) is 5.75 Å². The second-order valence-electron chi connectivity index (χ2n) is 3.71. The zero-order valence-corrected chi connectivity index (χ0v) is 11.8. The molecule has 0 bridgehead atoms. The number of thioether (sulfide) groups is 1. The average molecular weight is 325 g/mol. The summed E-state index contributed by atoms with van der Waals surface area (Å²) in [6.07, 6.45) is 0.831. The summed E-state index contributed by atoms with van der Waals surface area (Å²) in [4.78, 5) is 11.7. The molecule has 0 spiro atoms. The molecule has 0 aliphatic carbocycles. The summed E-state index contributed by atoms with van der Waals surface area (Å²) in [6.45, 7) is 0. The molecule has 0 aliphatic heterocycles. The van der Waals surface area contributed by atoms with Crippen molar-refractivity contribution in [2.24, 2.45) is 0 Å². The Morgan fingerprint density at radius 3 is 2.78 bits per heavy atom. The van der Waals surface area contributed by atoms with Crippen molar-refractivity contribution < 1.29 is 9.18 Å². The molecule has 0 N–H and O–H groups in total. The Morgan fingerprint density at radius 1 is 1.22 bits per heavy atom.